The molecule has 3 rings (SSSR count). The third-order valence-corrected chi connectivity index (χ3v) is 6.88. The largest absolute Gasteiger partial charge is 0.741 e. The van der Waals surface area contributed by atoms with Crippen molar-refractivity contribution in [3.05, 3.63) is 54.7 Å². The fourth-order valence-corrected chi connectivity index (χ4v) is 5.22. The van der Waals surface area contributed by atoms with Gasteiger partial charge in [0.1, 0.15) is 0 Å². The van der Waals surface area contributed by atoms with Crippen molar-refractivity contribution in [2.24, 2.45) is 0 Å². The van der Waals surface area contributed by atoms with Gasteiger partial charge in [0.2, 0.25) is 7.14 Å². The van der Waals surface area contributed by atoms with Gasteiger partial charge in [0.25, 0.3) is 0 Å². The molecule has 3 nitrogen and oxygen atoms in total. The third-order valence-electron chi connectivity index (χ3n) is 3.37. The smallest absolute Gasteiger partial charge is 0.485 e. The second kappa shape index (κ2) is 7.61. The number of fused-ring (bicyclic) bond motifs is 3. The molecule has 0 radical (unpaired) electrons. The molecule has 2 aromatic rings. The van der Waals surface area contributed by atoms with E-state index in [0.29, 0.717) is 18.3 Å². The molecule has 0 bridgehead atoms. The number of halogens is 10. The molecular weight excluding hydrogens is 558 g/mol. The summed E-state index contributed by atoms with van der Waals surface area (Å²) in [5, 5.41) is 0. The van der Waals surface area contributed by atoms with Crippen molar-refractivity contribution in [2.45, 2.75) is 17.9 Å². The van der Waals surface area contributed by atoms with Crippen LogP contribution in [0.4, 0.5) is 39.5 Å². The molecule has 0 N–H and O–H groups in total. The van der Waals surface area contributed by atoms with Gasteiger partial charge < -0.3 is 4.55 Å². The molecule has 1 aliphatic heterocycles. The molecule has 160 valence electrons. The van der Waals surface area contributed by atoms with Crippen LogP contribution in [0.3, 0.4) is 0 Å². The van der Waals surface area contributed by atoms with Crippen molar-refractivity contribution in [1.29, 1.82) is 0 Å². The van der Waals surface area contributed by atoms with Crippen LogP contribution in [-0.4, -0.2) is 18.5 Å². The lowest BCUT2D eigenvalue weighted by molar-refractivity contribution is -0.590. The molecule has 0 saturated heterocycles. The van der Waals surface area contributed by atoms with E-state index in [1.54, 1.807) is 0 Å². The van der Waals surface area contributed by atoms with Gasteiger partial charge in [0.05, 0.1) is 11.1 Å². The lowest BCUT2D eigenvalue weighted by Gasteiger charge is -2.08. The van der Waals surface area contributed by atoms with Crippen LogP contribution in [0, 0.1) is 7.14 Å². The zero-order chi connectivity index (χ0) is 22.4. The molecule has 0 amide bonds. The van der Waals surface area contributed by atoms with Crippen LogP contribution < -0.4 is 21.2 Å². The quantitative estimate of drug-likeness (QED) is 0.182. The predicted molar refractivity (Wildman–Crippen MR) is 75.0 cm³/mol. The summed E-state index contributed by atoms with van der Waals surface area (Å²) in [6.45, 7) is 0. The Morgan fingerprint density at radius 2 is 1.00 bits per heavy atom. The Bertz CT molecular complexity index is 963. The molecule has 0 saturated carbocycles. The molecule has 0 atom stereocenters. The molecule has 0 aliphatic carbocycles. The van der Waals surface area contributed by atoms with Gasteiger partial charge in [0.15, 0.2) is 10.1 Å². The highest BCUT2D eigenvalue weighted by Gasteiger charge is 2.40. The van der Waals surface area contributed by atoms with Crippen LogP contribution in [-0.2, 0) is 22.5 Å². The third kappa shape index (κ3) is 5.53. The van der Waals surface area contributed by atoms with Gasteiger partial charge in [-0.3, -0.25) is 0 Å². The Kier molecular flexibility index (Phi) is 6.23. The highest BCUT2D eigenvalue weighted by Crippen LogP contribution is 2.34. The standard InChI is InChI=1S/C14H6F6I.CHF3O3S/c15-13(16,17)7-1-3-9-10-4-2-8(14(18,19)20)6-12(10)21-11(9)5-7;2-1(3,4)8(5,6)7/h1-6H;(H,5,6,7)/q+1;/p-1. The Morgan fingerprint density at radius 3 is 1.24 bits per heavy atom. The van der Waals surface area contributed by atoms with Crippen LogP contribution in [0.15, 0.2) is 36.4 Å². The number of benzene rings is 2. The minimum absolute atomic E-state index is 0.512. The Morgan fingerprint density at radius 1 is 0.690 bits per heavy atom. The maximum atomic E-state index is 12.7. The van der Waals surface area contributed by atoms with Crippen molar-refractivity contribution >= 4 is 10.1 Å². The average molecular weight is 564 g/mol. The lowest BCUT2D eigenvalue weighted by atomic mass is 10.0. The summed E-state index contributed by atoms with van der Waals surface area (Å²) in [4.78, 5) is 0. The van der Waals surface area contributed by atoms with Crippen LogP contribution in [0.5, 0.6) is 0 Å². The Balaban J connectivity index is 0.000000321. The number of hydrogen-bond acceptors (Lipinski definition) is 3. The van der Waals surface area contributed by atoms with Gasteiger partial charge in [-0.1, -0.05) is 0 Å². The van der Waals surface area contributed by atoms with Crippen molar-refractivity contribution in [3.63, 3.8) is 0 Å². The van der Waals surface area contributed by atoms with Crippen LogP contribution >= 0.6 is 0 Å². The van der Waals surface area contributed by atoms with E-state index in [2.05, 4.69) is 0 Å². The molecule has 0 spiro atoms. The molecule has 0 fully saturated rings. The first-order valence-electron chi connectivity index (χ1n) is 7.01. The van der Waals surface area contributed by atoms with Gasteiger partial charge in [-0.25, -0.2) is 8.42 Å². The maximum Gasteiger partial charge on any atom is 0.485 e. The van der Waals surface area contributed by atoms with E-state index in [-0.39, 0.29) is 0 Å². The highest BCUT2D eigenvalue weighted by atomic mass is 127. The van der Waals surface area contributed by atoms with Crippen LogP contribution in [0.1, 0.15) is 11.1 Å². The average Bonchev–Trinajstić information content (AvgIpc) is 2.88. The molecule has 29 heavy (non-hydrogen) atoms. The fraction of sp³-hybridized carbons (Fsp3) is 0.200. The first kappa shape index (κ1) is 23.7. The first-order chi connectivity index (χ1) is 12.9. The molecular formula is C15H6F9IO3S. The van der Waals surface area contributed by atoms with Gasteiger partial charge in [-0.05, 0) is 24.3 Å². The zero-order valence-corrected chi connectivity index (χ0v) is 16.4. The Labute approximate surface area is 167 Å². The number of alkyl halides is 9. The van der Waals surface area contributed by atoms with Crippen LogP contribution in [0.2, 0.25) is 0 Å². The topological polar surface area (TPSA) is 57.2 Å². The second-order valence-corrected chi connectivity index (χ2v) is 9.61. The van der Waals surface area contributed by atoms with E-state index in [1.165, 1.54) is 12.1 Å². The molecule has 2 aromatic carbocycles. The number of hydrogen-bond donors (Lipinski definition) is 0. The SMILES string of the molecule is FC(F)(F)c1ccc2c(c1)[I+]c1cc(C(F)(F)F)ccc1-2.O=S(=O)([O-])C(F)(F)F. The van der Waals surface area contributed by atoms with Gasteiger partial charge in [0, 0.05) is 23.3 Å². The van der Waals surface area contributed by atoms with Gasteiger partial charge in [-0.2, -0.15) is 39.5 Å². The van der Waals surface area contributed by atoms with E-state index in [4.69, 9.17) is 13.0 Å². The normalized spacial score (nSPS) is 14.0. The number of rotatable bonds is 0. The van der Waals surface area contributed by atoms with Crippen molar-refractivity contribution < 1.29 is 73.7 Å². The van der Waals surface area contributed by atoms with Crippen molar-refractivity contribution in [3.8, 4) is 11.1 Å². The zero-order valence-electron chi connectivity index (χ0n) is 13.4. The van der Waals surface area contributed by atoms with E-state index in [0.717, 1.165) is 24.3 Å². The summed E-state index contributed by atoms with van der Waals surface area (Å²) in [5.74, 6) is 0. The summed E-state index contributed by atoms with van der Waals surface area (Å²) in [5.41, 5.74) is -5.94. The van der Waals surface area contributed by atoms with Gasteiger partial charge >= 0.3 is 39.1 Å². The molecule has 0 unspecified atom stereocenters. The maximum absolute atomic E-state index is 12.7. The second-order valence-electron chi connectivity index (χ2n) is 5.38. The van der Waals surface area contributed by atoms with E-state index >= 15 is 0 Å². The van der Waals surface area contributed by atoms with Crippen LogP contribution in [0.25, 0.3) is 11.1 Å². The highest BCUT2D eigenvalue weighted by molar-refractivity contribution is 7.86. The molecule has 0 aromatic heterocycles. The minimum atomic E-state index is -6.09. The summed E-state index contributed by atoms with van der Waals surface area (Å²) < 4.78 is 136. The van der Waals surface area contributed by atoms with E-state index < -0.39 is 60.3 Å². The van der Waals surface area contributed by atoms with Crippen molar-refractivity contribution in [1.82, 2.24) is 0 Å². The molecule has 1 aliphatic rings. The molecule has 14 heteroatoms. The summed E-state index contributed by atoms with van der Waals surface area (Å²) in [6.07, 6.45) is -8.88. The van der Waals surface area contributed by atoms with E-state index in [9.17, 15) is 39.5 Å². The minimum Gasteiger partial charge on any atom is -0.741 e. The molecule has 1 heterocycles. The Hall–Kier alpha value is -1.55. The fourth-order valence-electron chi connectivity index (χ4n) is 2.09. The monoisotopic (exact) mass is 564 g/mol. The first-order valence-corrected chi connectivity index (χ1v) is 10.6. The van der Waals surface area contributed by atoms with Gasteiger partial charge in [-0.15, -0.1) is 0 Å². The summed E-state index contributed by atoms with van der Waals surface area (Å²) >= 11 is -1.03. The summed E-state index contributed by atoms with van der Waals surface area (Å²) in [6, 6.07) is 6.73. The lowest BCUT2D eigenvalue weighted by Crippen LogP contribution is -3.61. The predicted octanol–water partition coefficient (Wildman–Crippen LogP) is 1.88. The summed E-state index contributed by atoms with van der Waals surface area (Å²) in [7, 11) is -6.09. The van der Waals surface area contributed by atoms with E-state index in [1.807, 2.05) is 0 Å². The van der Waals surface area contributed by atoms with Crippen molar-refractivity contribution in [2.75, 3.05) is 0 Å².